The van der Waals surface area contributed by atoms with Crippen LogP contribution in [0.15, 0.2) is 35.3 Å². The summed E-state index contributed by atoms with van der Waals surface area (Å²) in [6, 6.07) is 10.8. The van der Waals surface area contributed by atoms with Crippen LogP contribution in [0.25, 0.3) is 0 Å². The second kappa shape index (κ2) is 11.7. The Kier molecular flexibility index (Phi) is 9.01. The van der Waals surface area contributed by atoms with Gasteiger partial charge in [0.15, 0.2) is 5.96 Å². The number of hydrogen-bond acceptors (Lipinski definition) is 3. The van der Waals surface area contributed by atoms with E-state index in [-0.39, 0.29) is 5.41 Å². The topological polar surface area (TPSA) is 46.1 Å². The van der Waals surface area contributed by atoms with Gasteiger partial charge in [-0.3, -0.25) is 4.99 Å². The van der Waals surface area contributed by atoms with Crippen LogP contribution in [0, 0.1) is 5.41 Å². The zero-order valence-corrected chi connectivity index (χ0v) is 19.2. The number of benzene rings is 1. The normalized spacial score (nSPS) is 21.2. The molecule has 0 spiro atoms. The SMILES string of the molecule is CN=C(NCC(C)(C)CCCc1ccccc1)N1CCC(OCC2CCCO2)CC1. The first-order valence-electron chi connectivity index (χ1n) is 11.8. The van der Waals surface area contributed by atoms with Crippen molar-refractivity contribution in [3.63, 3.8) is 0 Å². The number of hydrogen-bond donors (Lipinski definition) is 1. The molecule has 1 aromatic carbocycles. The Morgan fingerprint density at radius 1 is 1.20 bits per heavy atom. The number of likely N-dealkylation sites (tertiary alicyclic amines) is 1. The number of ether oxygens (including phenoxy) is 2. The summed E-state index contributed by atoms with van der Waals surface area (Å²) in [6.07, 6.45) is 8.70. The summed E-state index contributed by atoms with van der Waals surface area (Å²) in [5, 5.41) is 3.63. The molecule has 0 aromatic heterocycles. The highest BCUT2D eigenvalue weighted by Gasteiger charge is 2.25. The summed E-state index contributed by atoms with van der Waals surface area (Å²) in [6.45, 7) is 9.32. The lowest BCUT2D eigenvalue weighted by molar-refractivity contribution is -0.0367. The van der Waals surface area contributed by atoms with Crippen LogP contribution in [0.4, 0.5) is 0 Å². The Balaban J connectivity index is 1.34. The van der Waals surface area contributed by atoms with E-state index in [0.717, 1.165) is 64.5 Å². The Hall–Kier alpha value is -1.59. The fourth-order valence-corrected chi connectivity index (χ4v) is 4.41. The van der Waals surface area contributed by atoms with Crippen LogP contribution in [0.2, 0.25) is 0 Å². The van der Waals surface area contributed by atoms with Crippen molar-refractivity contribution in [1.29, 1.82) is 0 Å². The van der Waals surface area contributed by atoms with Crippen molar-refractivity contribution < 1.29 is 9.47 Å². The molecule has 0 saturated carbocycles. The van der Waals surface area contributed by atoms with Crippen molar-refractivity contribution >= 4 is 5.96 Å². The molecule has 1 aromatic rings. The van der Waals surface area contributed by atoms with Crippen molar-refractivity contribution in [1.82, 2.24) is 10.2 Å². The third-order valence-corrected chi connectivity index (χ3v) is 6.38. The Labute approximate surface area is 183 Å². The minimum absolute atomic E-state index is 0.243. The largest absolute Gasteiger partial charge is 0.376 e. The summed E-state index contributed by atoms with van der Waals surface area (Å²) in [5.74, 6) is 1.03. The van der Waals surface area contributed by atoms with Gasteiger partial charge in [0, 0.05) is 33.3 Å². The lowest BCUT2D eigenvalue weighted by atomic mass is 9.86. The Bertz CT molecular complexity index is 633. The minimum Gasteiger partial charge on any atom is -0.376 e. The van der Waals surface area contributed by atoms with Gasteiger partial charge in [0.25, 0.3) is 0 Å². The zero-order valence-electron chi connectivity index (χ0n) is 19.2. The number of aryl methyl sites for hydroxylation is 1. The Morgan fingerprint density at radius 2 is 1.97 bits per heavy atom. The van der Waals surface area contributed by atoms with E-state index < -0.39 is 0 Å². The number of nitrogens with zero attached hydrogens (tertiary/aromatic N) is 2. The quantitative estimate of drug-likeness (QED) is 0.483. The molecule has 2 saturated heterocycles. The van der Waals surface area contributed by atoms with E-state index in [0.29, 0.717) is 12.2 Å². The Morgan fingerprint density at radius 3 is 2.63 bits per heavy atom. The van der Waals surface area contributed by atoms with Crippen molar-refractivity contribution in [3.8, 4) is 0 Å². The average Bonchev–Trinajstić information content (AvgIpc) is 3.28. The molecular weight excluding hydrogens is 374 g/mol. The number of guanidine groups is 1. The number of piperidine rings is 1. The molecule has 2 aliphatic rings. The molecule has 5 heteroatoms. The van der Waals surface area contributed by atoms with Crippen molar-refractivity contribution in [2.75, 3.05) is 39.9 Å². The highest BCUT2D eigenvalue weighted by molar-refractivity contribution is 5.80. The molecule has 1 N–H and O–H groups in total. The highest BCUT2D eigenvalue weighted by atomic mass is 16.5. The van der Waals surface area contributed by atoms with Gasteiger partial charge in [0.05, 0.1) is 18.8 Å². The maximum absolute atomic E-state index is 6.11. The van der Waals surface area contributed by atoms with Crippen LogP contribution >= 0.6 is 0 Å². The van der Waals surface area contributed by atoms with E-state index in [4.69, 9.17) is 9.47 Å². The fraction of sp³-hybridized carbons (Fsp3) is 0.720. The van der Waals surface area contributed by atoms with Crippen LogP contribution in [0.3, 0.4) is 0 Å². The molecule has 5 nitrogen and oxygen atoms in total. The van der Waals surface area contributed by atoms with Crippen LogP contribution in [0.1, 0.15) is 57.9 Å². The van der Waals surface area contributed by atoms with Gasteiger partial charge in [0.1, 0.15) is 0 Å². The van der Waals surface area contributed by atoms with Crippen LogP contribution in [-0.2, 0) is 15.9 Å². The van der Waals surface area contributed by atoms with Crippen LogP contribution < -0.4 is 5.32 Å². The summed E-state index contributed by atoms with van der Waals surface area (Å²) < 4.78 is 11.8. The molecule has 1 unspecified atom stereocenters. The summed E-state index contributed by atoms with van der Waals surface area (Å²) in [7, 11) is 1.89. The number of nitrogens with one attached hydrogen (secondary N) is 1. The van der Waals surface area contributed by atoms with Gasteiger partial charge < -0.3 is 19.7 Å². The first kappa shape index (κ1) is 23.1. The lowest BCUT2D eigenvalue weighted by Crippen LogP contribution is -2.49. The molecule has 0 radical (unpaired) electrons. The van der Waals surface area contributed by atoms with E-state index in [1.54, 1.807) is 0 Å². The molecule has 2 fully saturated rings. The molecule has 1 atom stereocenters. The first-order valence-corrected chi connectivity index (χ1v) is 11.8. The van der Waals surface area contributed by atoms with Gasteiger partial charge in [-0.05, 0) is 55.9 Å². The van der Waals surface area contributed by atoms with E-state index >= 15 is 0 Å². The van der Waals surface area contributed by atoms with E-state index in [1.807, 2.05) is 7.05 Å². The molecular formula is C25H41N3O2. The standard InChI is InChI=1S/C25H41N3O2/c1-25(2,15-7-11-21-9-5-4-6-10-21)20-27-24(26-3)28-16-13-22(14-17-28)30-19-23-12-8-18-29-23/h4-6,9-10,22-23H,7-8,11-20H2,1-3H3,(H,26,27). The molecule has 0 amide bonds. The lowest BCUT2D eigenvalue weighted by Gasteiger charge is -2.36. The van der Waals surface area contributed by atoms with Gasteiger partial charge in [-0.1, -0.05) is 44.2 Å². The maximum Gasteiger partial charge on any atom is 0.193 e. The van der Waals surface area contributed by atoms with Crippen molar-refractivity contribution in [2.24, 2.45) is 10.4 Å². The zero-order chi connectivity index (χ0) is 21.2. The van der Waals surface area contributed by atoms with Crippen molar-refractivity contribution in [3.05, 3.63) is 35.9 Å². The molecule has 3 rings (SSSR count). The third-order valence-electron chi connectivity index (χ3n) is 6.38. The van der Waals surface area contributed by atoms with E-state index in [9.17, 15) is 0 Å². The van der Waals surface area contributed by atoms with Gasteiger partial charge in [-0.25, -0.2) is 0 Å². The fourth-order valence-electron chi connectivity index (χ4n) is 4.41. The molecule has 2 heterocycles. The van der Waals surface area contributed by atoms with E-state index in [2.05, 4.69) is 59.4 Å². The van der Waals surface area contributed by atoms with Crippen LogP contribution in [0.5, 0.6) is 0 Å². The monoisotopic (exact) mass is 415 g/mol. The predicted molar refractivity (Wildman–Crippen MR) is 124 cm³/mol. The van der Waals surface area contributed by atoms with Gasteiger partial charge in [0.2, 0.25) is 0 Å². The second-order valence-electron chi connectivity index (χ2n) is 9.56. The second-order valence-corrected chi connectivity index (χ2v) is 9.56. The third kappa shape index (κ3) is 7.59. The molecule has 0 bridgehead atoms. The molecule has 168 valence electrons. The first-order chi connectivity index (χ1) is 14.6. The minimum atomic E-state index is 0.243. The average molecular weight is 416 g/mol. The van der Waals surface area contributed by atoms with Gasteiger partial charge in [-0.15, -0.1) is 0 Å². The van der Waals surface area contributed by atoms with Gasteiger partial charge in [-0.2, -0.15) is 0 Å². The van der Waals surface area contributed by atoms with Crippen LogP contribution in [-0.4, -0.2) is 63.0 Å². The number of rotatable bonds is 9. The maximum atomic E-state index is 6.11. The summed E-state index contributed by atoms with van der Waals surface area (Å²) in [5.41, 5.74) is 1.68. The smallest absolute Gasteiger partial charge is 0.193 e. The molecule has 2 aliphatic heterocycles. The van der Waals surface area contributed by atoms with Crippen molar-refractivity contribution in [2.45, 2.75) is 71.0 Å². The summed E-state index contributed by atoms with van der Waals surface area (Å²) >= 11 is 0. The predicted octanol–water partition coefficient (Wildman–Crippen LogP) is 4.27. The highest BCUT2D eigenvalue weighted by Crippen LogP contribution is 2.23. The summed E-state index contributed by atoms with van der Waals surface area (Å²) in [4.78, 5) is 6.93. The molecule has 0 aliphatic carbocycles. The number of aliphatic imine (C=N–C) groups is 1. The van der Waals surface area contributed by atoms with Gasteiger partial charge >= 0.3 is 0 Å². The van der Waals surface area contributed by atoms with E-state index in [1.165, 1.54) is 24.8 Å². The molecule has 30 heavy (non-hydrogen) atoms.